The molecule has 1 saturated heterocycles. The fourth-order valence-corrected chi connectivity index (χ4v) is 2.52. The molecule has 2 amide bonds. The van der Waals surface area contributed by atoms with Gasteiger partial charge >= 0.3 is 6.03 Å². The van der Waals surface area contributed by atoms with Gasteiger partial charge in [-0.1, -0.05) is 0 Å². The lowest BCUT2D eigenvalue weighted by Gasteiger charge is -2.34. The summed E-state index contributed by atoms with van der Waals surface area (Å²) in [5, 5.41) is 12.0. The molecule has 1 N–H and O–H groups in total. The van der Waals surface area contributed by atoms with Gasteiger partial charge in [0, 0.05) is 32.7 Å². The molecule has 2 rings (SSSR count). The molecule has 0 aromatic carbocycles. The number of ether oxygens (including phenoxy) is 1. The van der Waals surface area contributed by atoms with Crippen LogP contribution in [-0.2, 0) is 4.74 Å². The highest BCUT2D eigenvalue weighted by Crippen LogP contribution is 2.30. The number of urea groups is 1. The third kappa shape index (κ3) is 5.47. The van der Waals surface area contributed by atoms with Crippen LogP contribution in [0.1, 0.15) is 26.7 Å². The number of amides is 2. The van der Waals surface area contributed by atoms with Gasteiger partial charge in [0.05, 0.1) is 24.2 Å². The first kappa shape index (κ1) is 17.0. The number of carbonyl (C=O) groups excluding carboxylic acids is 1. The van der Waals surface area contributed by atoms with Crippen molar-refractivity contribution in [2.24, 2.45) is 11.3 Å². The molecule has 2 fully saturated rings. The van der Waals surface area contributed by atoms with E-state index in [0.717, 1.165) is 26.2 Å². The normalized spacial score (nSPS) is 22.9. The molecule has 22 heavy (non-hydrogen) atoms. The summed E-state index contributed by atoms with van der Waals surface area (Å²) in [5.74, 6) is 0.635. The van der Waals surface area contributed by atoms with Gasteiger partial charge in [-0.15, -0.1) is 0 Å². The summed E-state index contributed by atoms with van der Waals surface area (Å²) >= 11 is 0. The van der Waals surface area contributed by atoms with Crippen molar-refractivity contribution < 1.29 is 9.53 Å². The Labute approximate surface area is 133 Å². The predicted molar refractivity (Wildman–Crippen MR) is 84.3 cm³/mol. The zero-order valence-corrected chi connectivity index (χ0v) is 14.0. The van der Waals surface area contributed by atoms with Crippen LogP contribution >= 0.6 is 0 Å². The summed E-state index contributed by atoms with van der Waals surface area (Å²) in [6.45, 7) is 7.98. The second-order valence-corrected chi connectivity index (χ2v) is 7.26. The number of morpholine rings is 1. The van der Waals surface area contributed by atoms with Crippen molar-refractivity contribution in [2.75, 3.05) is 46.4 Å². The largest absolute Gasteiger partial charge is 0.374 e. The maximum absolute atomic E-state index is 12.5. The monoisotopic (exact) mass is 308 g/mol. The van der Waals surface area contributed by atoms with Crippen LogP contribution in [0.3, 0.4) is 0 Å². The molecule has 1 aliphatic carbocycles. The second-order valence-electron chi connectivity index (χ2n) is 7.26. The van der Waals surface area contributed by atoms with Crippen LogP contribution in [0.5, 0.6) is 0 Å². The van der Waals surface area contributed by atoms with Crippen LogP contribution in [0.15, 0.2) is 0 Å². The Morgan fingerprint density at radius 2 is 2.18 bits per heavy atom. The Kier molecular flexibility index (Phi) is 5.65. The van der Waals surface area contributed by atoms with Gasteiger partial charge in [-0.3, -0.25) is 0 Å². The second kappa shape index (κ2) is 7.30. The molecule has 6 heteroatoms. The SMILES string of the molecule is CN1CCO[C@@H](CN(CC2CC2)C(=O)NCC(C)(C)C#N)C1. The summed E-state index contributed by atoms with van der Waals surface area (Å²) in [6, 6.07) is 2.13. The Morgan fingerprint density at radius 3 is 2.77 bits per heavy atom. The molecule has 1 aliphatic heterocycles. The number of nitrogens with one attached hydrogen (secondary N) is 1. The van der Waals surface area contributed by atoms with E-state index >= 15 is 0 Å². The summed E-state index contributed by atoms with van der Waals surface area (Å²) in [5.41, 5.74) is -0.539. The van der Waals surface area contributed by atoms with Crippen molar-refractivity contribution in [3.63, 3.8) is 0 Å². The number of nitrogens with zero attached hydrogens (tertiary/aromatic N) is 3. The van der Waals surface area contributed by atoms with Crippen molar-refractivity contribution in [3.05, 3.63) is 0 Å². The van der Waals surface area contributed by atoms with E-state index in [2.05, 4.69) is 23.3 Å². The summed E-state index contributed by atoms with van der Waals surface area (Å²) in [7, 11) is 2.08. The van der Waals surface area contributed by atoms with Crippen LogP contribution < -0.4 is 5.32 Å². The van der Waals surface area contributed by atoms with E-state index in [1.807, 2.05) is 18.7 Å². The highest BCUT2D eigenvalue weighted by molar-refractivity contribution is 5.74. The quantitative estimate of drug-likeness (QED) is 0.803. The van der Waals surface area contributed by atoms with Gasteiger partial charge in [0.15, 0.2) is 0 Å². The van der Waals surface area contributed by atoms with E-state index in [9.17, 15) is 4.79 Å². The third-order valence-corrected chi connectivity index (χ3v) is 4.21. The van der Waals surface area contributed by atoms with E-state index in [1.165, 1.54) is 12.8 Å². The number of nitriles is 1. The molecule has 0 radical (unpaired) electrons. The molecule has 1 atom stereocenters. The van der Waals surface area contributed by atoms with Crippen LogP contribution in [0.4, 0.5) is 4.79 Å². The Morgan fingerprint density at radius 1 is 1.45 bits per heavy atom. The molecular formula is C16H28N4O2. The van der Waals surface area contributed by atoms with Gasteiger partial charge in [0.1, 0.15) is 0 Å². The predicted octanol–water partition coefficient (Wildman–Crippen LogP) is 1.29. The Balaban J connectivity index is 1.87. The van der Waals surface area contributed by atoms with Gasteiger partial charge in [0.25, 0.3) is 0 Å². The average Bonchev–Trinajstić information content (AvgIpc) is 3.28. The number of likely N-dealkylation sites (N-methyl/N-ethyl adjacent to an activating group) is 1. The lowest BCUT2D eigenvalue weighted by atomic mass is 9.96. The van der Waals surface area contributed by atoms with Gasteiger partial charge < -0.3 is 19.9 Å². The number of hydrogen-bond acceptors (Lipinski definition) is 4. The van der Waals surface area contributed by atoms with E-state index in [-0.39, 0.29) is 12.1 Å². The average molecular weight is 308 g/mol. The minimum atomic E-state index is -0.539. The first-order valence-electron chi connectivity index (χ1n) is 8.14. The fraction of sp³-hybridized carbons (Fsp3) is 0.875. The molecule has 0 bridgehead atoms. The fourth-order valence-electron chi connectivity index (χ4n) is 2.52. The zero-order chi connectivity index (χ0) is 16.2. The molecule has 0 unspecified atom stereocenters. The van der Waals surface area contributed by atoms with Crippen molar-refractivity contribution in [3.8, 4) is 6.07 Å². The molecular weight excluding hydrogens is 280 g/mol. The van der Waals surface area contributed by atoms with E-state index in [1.54, 1.807) is 0 Å². The first-order chi connectivity index (χ1) is 10.4. The summed E-state index contributed by atoms with van der Waals surface area (Å²) in [6.07, 6.45) is 2.49. The molecule has 0 aromatic rings. The Hall–Kier alpha value is -1.32. The number of carbonyl (C=O) groups is 1. The maximum atomic E-state index is 12.5. The molecule has 1 saturated carbocycles. The molecule has 0 aromatic heterocycles. The minimum absolute atomic E-state index is 0.0761. The van der Waals surface area contributed by atoms with Crippen molar-refractivity contribution in [1.29, 1.82) is 5.26 Å². The van der Waals surface area contributed by atoms with Crippen molar-refractivity contribution >= 4 is 6.03 Å². The van der Waals surface area contributed by atoms with Crippen molar-refractivity contribution in [2.45, 2.75) is 32.8 Å². The molecule has 1 heterocycles. The lowest BCUT2D eigenvalue weighted by molar-refractivity contribution is -0.0309. The lowest BCUT2D eigenvalue weighted by Crippen LogP contribution is -2.51. The van der Waals surface area contributed by atoms with Crippen LogP contribution in [-0.4, -0.2) is 68.3 Å². The number of hydrogen-bond donors (Lipinski definition) is 1. The summed E-state index contributed by atoms with van der Waals surface area (Å²) < 4.78 is 5.78. The van der Waals surface area contributed by atoms with E-state index in [0.29, 0.717) is 19.0 Å². The van der Waals surface area contributed by atoms with Crippen LogP contribution in [0, 0.1) is 22.7 Å². The molecule has 124 valence electrons. The van der Waals surface area contributed by atoms with Crippen LogP contribution in [0.2, 0.25) is 0 Å². The topological polar surface area (TPSA) is 68.6 Å². The first-order valence-corrected chi connectivity index (χ1v) is 8.14. The Bertz CT molecular complexity index is 428. The number of rotatable bonds is 6. The van der Waals surface area contributed by atoms with Crippen molar-refractivity contribution in [1.82, 2.24) is 15.1 Å². The molecule has 6 nitrogen and oxygen atoms in total. The van der Waals surface area contributed by atoms with Gasteiger partial charge in [-0.25, -0.2) is 4.79 Å². The van der Waals surface area contributed by atoms with Gasteiger partial charge in [-0.05, 0) is 39.7 Å². The van der Waals surface area contributed by atoms with E-state index < -0.39 is 5.41 Å². The smallest absolute Gasteiger partial charge is 0.317 e. The standard InChI is InChI=1S/C16H28N4O2/c1-16(2,11-17)12-18-15(21)20(8-13-4-5-13)10-14-9-19(3)6-7-22-14/h13-14H,4-10,12H2,1-3H3,(H,18,21)/t14-/m1/s1. The molecule has 0 spiro atoms. The highest BCUT2D eigenvalue weighted by atomic mass is 16.5. The zero-order valence-electron chi connectivity index (χ0n) is 14.0. The summed E-state index contributed by atoms with van der Waals surface area (Å²) in [4.78, 5) is 16.6. The van der Waals surface area contributed by atoms with Gasteiger partial charge in [-0.2, -0.15) is 5.26 Å². The molecule has 2 aliphatic rings. The van der Waals surface area contributed by atoms with E-state index in [4.69, 9.17) is 10.00 Å². The third-order valence-electron chi connectivity index (χ3n) is 4.21. The minimum Gasteiger partial charge on any atom is -0.374 e. The highest BCUT2D eigenvalue weighted by Gasteiger charge is 2.30. The van der Waals surface area contributed by atoms with Crippen LogP contribution in [0.25, 0.3) is 0 Å². The van der Waals surface area contributed by atoms with Gasteiger partial charge in [0.2, 0.25) is 0 Å². The maximum Gasteiger partial charge on any atom is 0.317 e.